The third-order valence-corrected chi connectivity index (χ3v) is 2.97. The molecule has 96 valence electrons. The van der Waals surface area contributed by atoms with Gasteiger partial charge in [0.1, 0.15) is 0 Å². The van der Waals surface area contributed by atoms with Crippen LogP contribution in [0, 0.1) is 16.7 Å². The molecule has 1 fully saturated rings. The second-order valence-corrected chi connectivity index (χ2v) is 4.93. The van der Waals surface area contributed by atoms with Gasteiger partial charge in [-0.15, -0.1) is 0 Å². The van der Waals surface area contributed by atoms with Crippen LogP contribution in [-0.4, -0.2) is 26.9 Å². The third-order valence-electron chi connectivity index (χ3n) is 2.97. The van der Waals surface area contributed by atoms with Crippen molar-refractivity contribution in [3.8, 4) is 6.07 Å². The van der Waals surface area contributed by atoms with Gasteiger partial charge in [0.05, 0.1) is 31.5 Å². The second kappa shape index (κ2) is 5.49. The van der Waals surface area contributed by atoms with E-state index in [1.807, 2.05) is 12.1 Å². The first-order chi connectivity index (χ1) is 8.67. The van der Waals surface area contributed by atoms with Gasteiger partial charge in [-0.25, -0.2) is 0 Å². The van der Waals surface area contributed by atoms with Gasteiger partial charge in [0, 0.05) is 18.1 Å². The van der Waals surface area contributed by atoms with Crippen LogP contribution < -0.4 is 0 Å². The van der Waals surface area contributed by atoms with Gasteiger partial charge in [-0.1, -0.05) is 19.1 Å². The van der Waals surface area contributed by atoms with Crippen LogP contribution in [0.15, 0.2) is 24.3 Å². The molecule has 1 heterocycles. The van der Waals surface area contributed by atoms with Crippen molar-refractivity contribution in [1.82, 2.24) is 0 Å². The van der Waals surface area contributed by atoms with E-state index in [0.717, 1.165) is 5.56 Å². The molecule has 0 saturated carbocycles. The van der Waals surface area contributed by atoms with Crippen molar-refractivity contribution in [2.45, 2.75) is 13.2 Å². The number of benzene rings is 1. The fourth-order valence-corrected chi connectivity index (χ4v) is 1.98. The minimum atomic E-state index is -0.345. The van der Waals surface area contributed by atoms with Crippen LogP contribution in [0.3, 0.4) is 0 Å². The smallest absolute Gasteiger partial charge is 0.183 e. The Morgan fingerprint density at radius 2 is 1.94 bits per heavy atom. The highest BCUT2D eigenvalue weighted by atomic mass is 16.7. The summed E-state index contributed by atoms with van der Waals surface area (Å²) in [6.45, 7) is 3.90. The molecule has 1 aliphatic rings. The Balaban J connectivity index is 1.99. The average molecular weight is 247 g/mol. The molecular weight excluding hydrogens is 230 g/mol. The standard InChI is InChI=1S/C14H17NO3/c1-14(8-16-2)9-17-13(18-10-14)12-5-3-11(7-15)4-6-12/h3-6,13H,8-10H2,1-2H3. The molecule has 0 bridgehead atoms. The molecule has 0 spiro atoms. The van der Waals surface area contributed by atoms with Crippen molar-refractivity contribution in [3.63, 3.8) is 0 Å². The maximum absolute atomic E-state index is 8.74. The van der Waals surface area contributed by atoms with Crippen molar-refractivity contribution in [2.24, 2.45) is 5.41 Å². The van der Waals surface area contributed by atoms with Gasteiger partial charge in [-0.2, -0.15) is 5.26 Å². The second-order valence-electron chi connectivity index (χ2n) is 4.93. The zero-order valence-electron chi connectivity index (χ0n) is 10.7. The third kappa shape index (κ3) is 2.88. The van der Waals surface area contributed by atoms with Crippen LogP contribution in [0.5, 0.6) is 0 Å². The Bertz CT molecular complexity index is 427. The lowest BCUT2D eigenvalue weighted by atomic mass is 9.93. The van der Waals surface area contributed by atoms with Crippen molar-refractivity contribution in [3.05, 3.63) is 35.4 Å². The summed E-state index contributed by atoms with van der Waals surface area (Å²) in [4.78, 5) is 0. The number of methoxy groups -OCH3 is 1. The van der Waals surface area contributed by atoms with E-state index >= 15 is 0 Å². The van der Waals surface area contributed by atoms with Gasteiger partial charge >= 0.3 is 0 Å². The maximum Gasteiger partial charge on any atom is 0.183 e. The Labute approximate surface area is 107 Å². The van der Waals surface area contributed by atoms with E-state index in [1.54, 1.807) is 19.2 Å². The van der Waals surface area contributed by atoms with Crippen molar-refractivity contribution < 1.29 is 14.2 Å². The monoisotopic (exact) mass is 247 g/mol. The minimum absolute atomic E-state index is 0.0855. The molecule has 0 N–H and O–H groups in total. The van der Waals surface area contributed by atoms with Crippen molar-refractivity contribution in [1.29, 1.82) is 5.26 Å². The molecular formula is C14H17NO3. The van der Waals surface area contributed by atoms with Crippen LogP contribution in [0.2, 0.25) is 0 Å². The van der Waals surface area contributed by atoms with Crippen LogP contribution >= 0.6 is 0 Å². The molecule has 18 heavy (non-hydrogen) atoms. The van der Waals surface area contributed by atoms with Gasteiger partial charge in [0.25, 0.3) is 0 Å². The first-order valence-corrected chi connectivity index (χ1v) is 5.89. The van der Waals surface area contributed by atoms with E-state index in [1.165, 1.54) is 0 Å². The normalized spacial score (nSPS) is 27.7. The van der Waals surface area contributed by atoms with Gasteiger partial charge in [-0.3, -0.25) is 0 Å². The molecule has 1 aliphatic heterocycles. The predicted molar refractivity (Wildman–Crippen MR) is 65.8 cm³/mol. The first-order valence-electron chi connectivity index (χ1n) is 5.89. The molecule has 2 rings (SSSR count). The summed E-state index contributed by atoms with van der Waals surface area (Å²) in [5, 5.41) is 8.74. The number of hydrogen-bond acceptors (Lipinski definition) is 4. The zero-order chi connectivity index (χ0) is 13.0. The SMILES string of the molecule is COCC1(C)COC(c2ccc(C#N)cc2)OC1. The number of hydrogen-bond donors (Lipinski definition) is 0. The first kappa shape index (κ1) is 13.0. The Morgan fingerprint density at radius 1 is 1.33 bits per heavy atom. The lowest BCUT2D eigenvalue weighted by Crippen LogP contribution is -2.39. The van der Waals surface area contributed by atoms with E-state index in [4.69, 9.17) is 19.5 Å². The minimum Gasteiger partial charge on any atom is -0.384 e. The fraction of sp³-hybridized carbons (Fsp3) is 0.500. The van der Waals surface area contributed by atoms with E-state index in [9.17, 15) is 0 Å². The van der Waals surface area contributed by atoms with Crippen LogP contribution in [0.25, 0.3) is 0 Å². The number of nitrogens with zero attached hydrogens (tertiary/aromatic N) is 1. The zero-order valence-corrected chi connectivity index (χ0v) is 10.7. The number of nitriles is 1. The largest absolute Gasteiger partial charge is 0.384 e. The van der Waals surface area contributed by atoms with E-state index < -0.39 is 0 Å². The summed E-state index contributed by atoms with van der Waals surface area (Å²) in [5.41, 5.74) is 1.49. The fourth-order valence-electron chi connectivity index (χ4n) is 1.98. The molecule has 0 aromatic heterocycles. The molecule has 0 aliphatic carbocycles. The topological polar surface area (TPSA) is 51.5 Å². The number of rotatable bonds is 3. The molecule has 0 atom stereocenters. The Hall–Kier alpha value is -1.41. The van der Waals surface area contributed by atoms with Crippen LogP contribution in [0.1, 0.15) is 24.3 Å². The van der Waals surface area contributed by atoms with Crippen molar-refractivity contribution in [2.75, 3.05) is 26.9 Å². The van der Waals surface area contributed by atoms with Gasteiger partial charge < -0.3 is 14.2 Å². The summed E-state index contributed by atoms with van der Waals surface area (Å²) in [6, 6.07) is 9.35. The number of ether oxygens (including phenoxy) is 3. The summed E-state index contributed by atoms with van der Waals surface area (Å²) >= 11 is 0. The molecule has 0 amide bonds. The van der Waals surface area contributed by atoms with E-state index in [2.05, 4.69) is 13.0 Å². The molecule has 0 unspecified atom stereocenters. The Morgan fingerprint density at radius 3 is 2.44 bits per heavy atom. The molecule has 0 radical (unpaired) electrons. The lowest BCUT2D eigenvalue weighted by Gasteiger charge is -2.36. The molecule has 1 saturated heterocycles. The quantitative estimate of drug-likeness (QED) is 0.822. The molecule has 1 aromatic rings. The van der Waals surface area contributed by atoms with Crippen LogP contribution in [-0.2, 0) is 14.2 Å². The molecule has 4 nitrogen and oxygen atoms in total. The summed E-state index contributed by atoms with van der Waals surface area (Å²) < 4.78 is 16.6. The van der Waals surface area contributed by atoms with Gasteiger partial charge in [0.2, 0.25) is 0 Å². The van der Waals surface area contributed by atoms with Crippen LogP contribution in [0.4, 0.5) is 0 Å². The van der Waals surface area contributed by atoms with Crippen molar-refractivity contribution >= 4 is 0 Å². The average Bonchev–Trinajstić information content (AvgIpc) is 2.40. The maximum atomic E-state index is 8.74. The molecule has 1 aromatic carbocycles. The lowest BCUT2D eigenvalue weighted by molar-refractivity contribution is -0.238. The van der Waals surface area contributed by atoms with Gasteiger partial charge in [0.15, 0.2) is 6.29 Å². The summed E-state index contributed by atoms with van der Waals surface area (Å²) in [5.74, 6) is 0. The highest BCUT2D eigenvalue weighted by Gasteiger charge is 2.33. The Kier molecular flexibility index (Phi) is 3.97. The highest BCUT2D eigenvalue weighted by molar-refractivity contribution is 5.32. The predicted octanol–water partition coefficient (Wildman–Crippen LogP) is 2.26. The van der Waals surface area contributed by atoms with Gasteiger partial charge in [-0.05, 0) is 12.1 Å². The summed E-state index contributed by atoms with van der Waals surface area (Å²) in [6.07, 6.45) is -0.345. The summed E-state index contributed by atoms with van der Waals surface area (Å²) in [7, 11) is 1.68. The van der Waals surface area contributed by atoms with E-state index in [0.29, 0.717) is 25.4 Å². The molecule has 4 heteroatoms. The highest BCUT2D eigenvalue weighted by Crippen LogP contribution is 2.31. The van der Waals surface area contributed by atoms with E-state index in [-0.39, 0.29) is 11.7 Å².